The highest BCUT2D eigenvalue weighted by molar-refractivity contribution is 5.99. The van der Waals surface area contributed by atoms with Crippen LogP contribution in [-0.2, 0) is 9.59 Å². The first-order chi connectivity index (χ1) is 18.4. The monoisotopic (exact) mass is 513 g/mol. The molecule has 2 aliphatic rings. The maximum atomic E-state index is 12.7. The zero-order valence-electron chi connectivity index (χ0n) is 21.2. The summed E-state index contributed by atoms with van der Waals surface area (Å²) in [4.78, 5) is 40.7. The Labute approximate surface area is 221 Å². The molecule has 3 aromatic carbocycles. The molecular formula is C29H31N5O4. The molecule has 0 radical (unpaired) electrons. The van der Waals surface area contributed by atoms with E-state index >= 15 is 0 Å². The molecule has 0 saturated carbocycles. The van der Waals surface area contributed by atoms with Gasteiger partial charge in [-0.3, -0.25) is 9.59 Å². The summed E-state index contributed by atoms with van der Waals surface area (Å²) >= 11 is 0. The molecule has 0 spiro atoms. The number of anilines is 3. The van der Waals surface area contributed by atoms with E-state index in [1.54, 1.807) is 29.2 Å². The summed E-state index contributed by atoms with van der Waals surface area (Å²) in [5.41, 5.74) is 2.36. The van der Waals surface area contributed by atoms with Crippen molar-refractivity contribution in [3.05, 3.63) is 78.9 Å². The number of carbonyl (C=O) groups excluding carboxylic acids is 3. The number of hydrogen-bond donors (Lipinski definition) is 3. The molecule has 0 aromatic heterocycles. The minimum atomic E-state index is -0.404. The SMILES string of the molecule is CN(C(=O)C1CCC(=O)N1)C1CCN(c2ccc(NC(=O)Nc3ccc(Oc4ccccc4)cc3)cc2)C1. The number of nitrogens with one attached hydrogen (secondary N) is 3. The Morgan fingerprint density at radius 3 is 2.16 bits per heavy atom. The van der Waals surface area contributed by atoms with Crippen LogP contribution < -0.4 is 25.6 Å². The number of likely N-dealkylation sites (N-methyl/N-ethyl adjacent to an activating group) is 1. The van der Waals surface area contributed by atoms with E-state index in [1.807, 2.05) is 61.6 Å². The summed E-state index contributed by atoms with van der Waals surface area (Å²) in [5.74, 6) is 1.35. The summed E-state index contributed by atoms with van der Waals surface area (Å²) in [6.07, 6.45) is 1.84. The highest BCUT2D eigenvalue weighted by Crippen LogP contribution is 2.26. The van der Waals surface area contributed by atoms with Gasteiger partial charge in [0.15, 0.2) is 0 Å². The van der Waals surface area contributed by atoms with Crippen LogP contribution in [0.1, 0.15) is 19.3 Å². The molecule has 5 rings (SSSR count). The largest absolute Gasteiger partial charge is 0.457 e. The Morgan fingerprint density at radius 2 is 1.53 bits per heavy atom. The molecule has 9 nitrogen and oxygen atoms in total. The average molecular weight is 514 g/mol. The first kappa shape index (κ1) is 25.1. The quantitative estimate of drug-likeness (QED) is 0.434. The van der Waals surface area contributed by atoms with Crippen LogP contribution in [0.5, 0.6) is 11.5 Å². The number of nitrogens with zero attached hydrogens (tertiary/aromatic N) is 2. The molecule has 3 N–H and O–H groups in total. The number of hydrogen-bond acceptors (Lipinski definition) is 5. The van der Waals surface area contributed by atoms with Crippen LogP contribution in [0.2, 0.25) is 0 Å². The summed E-state index contributed by atoms with van der Waals surface area (Å²) in [5, 5.41) is 8.44. The zero-order valence-corrected chi connectivity index (χ0v) is 21.2. The van der Waals surface area contributed by atoms with Gasteiger partial charge in [0.2, 0.25) is 11.8 Å². The molecule has 3 aromatic rings. The molecule has 2 heterocycles. The second kappa shape index (κ2) is 11.2. The predicted octanol–water partition coefficient (Wildman–Crippen LogP) is 4.44. The Balaban J connectivity index is 1.10. The van der Waals surface area contributed by atoms with Gasteiger partial charge in [0, 0.05) is 43.6 Å². The normalized spacial score (nSPS) is 18.6. The maximum Gasteiger partial charge on any atom is 0.323 e. The number of amides is 4. The van der Waals surface area contributed by atoms with Gasteiger partial charge in [0.25, 0.3) is 0 Å². The van der Waals surface area contributed by atoms with E-state index in [-0.39, 0.29) is 23.9 Å². The summed E-state index contributed by atoms with van der Waals surface area (Å²) < 4.78 is 5.78. The molecule has 196 valence electrons. The highest BCUT2D eigenvalue weighted by atomic mass is 16.5. The fraction of sp³-hybridized carbons (Fsp3) is 0.276. The van der Waals surface area contributed by atoms with Gasteiger partial charge in [-0.15, -0.1) is 0 Å². The second-order valence-electron chi connectivity index (χ2n) is 9.56. The van der Waals surface area contributed by atoms with Crippen LogP contribution in [0.4, 0.5) is 21.9 Å². The minimum Gasteiger partial charge on any atom is -0.457 e. The smallest absolute Gasteiger partial charge is 0.323 e. The first-order valence-corrected chi connectivity index (χ1v) is 12.8. The lowest BCUT2D eigenvalue weighted by atomic mass is 10.1. The highest BCUT2D eigenvalue weighted by Gasteiger charge is 2.34. The standard InChI is InChI=1S/C29H31N5O4/c1-33(28(36)26-15-16-27(35)32-26)23-17-18-34(19-23)22-11-7-20(8-12-22)30-29(37)31-21-9-13-25(14-10-21)38-24-5-3-2-4-6-24/h2-14,23,26H,15-19H2,1H3,(H,32,35)(H2,30,31,37). The van der Waals surface area contributed by atoms with E-state index in [0.717, 1.165) is 30.9 Å². The lowest BCUT2D eigenvalue weighted by Gasteiger charge is -2.27. The van der Waals surface area contributed by atoms with E-state index in [4.69, 9.17) is 4.74 Å². The number of urea groups is 1. The van der Waals surface area contributed by atoms with Crippen molar-refractivity contribution < 1.29 is 19.1 Å². The van der Waals surface area contributed by atoms with Crippen molar-refractivity contribution in [1.82, 2.24) is 10.2 Å². The lowest BCUT2D eigenvalue weighted by molar-refractivity contribution is -0.134. The number of carbonyl (C=O) groups is 3. The van der Waals surface area contributed by atoms with Crippen molar-refractivity contribution in [1.29, 1.82) is 0 Å². The van der Waals surface area contributed by atoms with Crippen LogP contribution in [0.15, 0.2) is 78.9 Å². The van der Waals surface area contributed by atoms with E-state index in [9.17, 15) is 14.4 Å². The molecule has 2 unspecified atom stereocenters. The van der Waals surface area contributed by atoms with Crippen molar-refractivity contribution in [3.8, 4) is 11.5 Å². The van der Waals surface area contributed by atoms with Crippen molar-refractivity contribution in [3.63, 3.8) is 0 Å². The van der Waals surface area contributed by atoms with Gasteiger partial charge in [0.05, 0.1) is 6.04 Å². The summed E-state index contributed by atoms with van der Waals surface area (Å²) in [6, 6.07) is 23.7. The molecule has 0 bridgehead atoms. The van der Waals surface area contributed by atoms with Gasteiger partial charge in [-0.2, -0.15) is 0 Å². The topological polar surface area (TPSA) is 103 Å². The Kier molecular flexibility index (Phi) is 7.44. The number of ether oxygens (including phenoxy) is 1. The molecular weight excluding hydrogens is 482 g/mol. The van der Waals surface area contributed by atoms with Crippen molar-refractivity contribution in [2.75, 3.05) is 35.7 Å². The molecule has 38 heavy (non-hydrogen) atoms. The fourth-order valence-electron chi connectivity index (χ4n) is 4.80. The van der Waals surface area contributed by atoms with Crippen LogP contribution in [0, 0.1) is 0 Å². The third-order valence-electron chi connectivity index (χ3n) is 6.93. The second-order valence-corrected chi connectivity index (χ2v) is 9.56. The molecule has 2 saturated heterocycles. The third-order valence-corrected chi connectivity index (χ3v) is 6.93. The molecule has 2 atom stereocenters. The number of rotatable bonds is 7. The van der Waals surface area contributed by atoms with E-state index in [0.29, 0.717) is 30.0 Å². The van der Waals surface area contributed by atoms with Gasteiger partial charge in [-0.1, -0.05) is 18.2 Å². The molecule has 0 aliphatic carbocycles. The van der Waals surface area contributed by atoms with E-state index in [1.165, 1.54) is 0 Å². The van der Waals surface area contributed by atoms with Crippen LogP contribution in [-0.4, -0.2) is 55.0 Å². The van der Waals surface area contributed by atoms with Gasteiger partial charge >= 0.3 is 6.03 Å². The van der Waals surface area contributed by atoms with Gasteiger partial charge in [-0.25, -0.2) is 4.79 Å². The number of para-hydroxylation sites is 1. The van der Waals surface area contributed by atoms with E-state index < -0.39 is 6.04 Å². The van der Waals surface area contributed by atoms with Gasteiger partial charge in [-0.05, 0) is 73.5 Å². The van der Waals surface area contributed by atoms with Gasteiger partial charge in [0.1, 0.15) is 17.5 Å². The summed E-state index contributed by atoms with van der Waals surface area (Å²) in [6.45, 7) is 1.55. The molecule has 2 fully saturated rings. The Hall–Kier alpha value is -4.53. The summed E-state index contributed by atoms with van der Waals surface area (Å²) in [7, 11) is 1.82. The van der Waals surface area contributed by atoms with Crippen LogP contribution >= 0.6 is 0 Å². The van der Waals surface area contributed by atoms with Crippen molar-refractivity contribution in [2.45, 2.75) is 31.3 Å². The third kappa shape index (κ3) is 6.05. The van der Waals surface area contributed by atoms with Crippen molar-refractivity contribution in [2.24, 2.45) is 0 Å². The lowest BCUT2D eigenvalue weighted by Crippen LogP contribution is -2.47. The first-order valence-electron chi connectivity index (χ1n) is 12.8. The molecule has 9 heteroatoms. The van der Waals surface area contributed by atoms with Crippen LogP contribution in [0.3, 0.4) is 0 Å². The molecule has 4 amide bonds. The van der Waals surface area contributed by atoms with Gasteiger partial charge < -0.3 is 30.5 Å². The predicted molar refractivity (Wildman–Crippen MR) is 147 cm³/mol. The van der Waals surface area contributed by atoms with E-state index in [2.05, 4.69) is 20.9 Å². The zero-order chi connectivity index (χ0) is 26.5. The van der Waals surface area contributed by atoms with Crippen molar-refractivity contribution >= 4 is 34.9 Å². The Morgan fingerprint density at radius 1 is 0.895 bits per heavy atom. The number of benzene rings is 3. The fourth-order valence-corrected chi connectivity index (χ4v) is 4.80. The van der Waals surface area contributed by atoms with Crippen LogP contribution in [0.25, 0.3) is 0 Å². The minimum absolute atomic E-state index is 0.0216. The molecule has 2 aliphatic heterocycles. The average Bonchev–Trinajstić information content (AvgIpc) is 3.60. The Bertz CT molecular complexity index is 1280. The maximum absolute atomic E-state index is 12.7.